The molecule has 8 heteroatoms. The van der Waals surface area contributed by atoms with Crippen molar-refractivity contribution < 1.29 is 19.1 Å². The SMILES string of the molecule is CN1CCN(c2ccc(N/C=C3\C(=O)NC(=O)c4ccc(C#CCOC5CCCCO5)cc43)cc2)CC1. The van der Waals surface area contributed by atoms with E-state index in [1.54, 1.807) is 24.4 Å². The number of rotatable bonds is 5. The van der Waals surface area contributed by atoms with Crippen molar-refractivity contribution in [1.29, 1.82) is 0 Å². The van der Waals surface area contributed by atoms with Crippen LogP contribution in [0, 0.1) is 11.8 Å². The molecule has 1 unspecified atom stereocenters. The van der Waals surface area contributed by atoms with Crippen LogP contribution in [-0.2, 0) is 14.3 Å². The number of fused-ring (bicyclic) bond motifs is 1. The van der Waals surface area contributed by atoms with Crippen molar-refractivity contribution in [2.45, 2.75) is 25.6 Å². The quantitative estimate of drug-likeness (QED) is 0.371. The zero-order chi connectivity index (χ0) is 25.6. The molecule has 5 rings (SSSR count). The lowest BCUT2D eigenvalue weighted by molar-refractivity contribution is -0.154. The summed E-state index contributed by atoms with van der Waals surface area (Å²) in [6, 6.07) is 13.4. The highest BCUT2D eigenvalue weighted by atomic mass is 16.7. The second-order valence-corrected chi connectivity index (χ2v) is 9.49. The molecular formula is C29H32N4O4. The third-order valence-corrected chi connectivity index (χ3v) is 6.86. The average Bonchev–Trinajstić information content (AvgIpc) is 2.92. The van der Waals surface area contributed by atoms with E-state index in [4.69, 9.17) is 9.47 Å². The highest BCUT2D eigenvalue weighted by molar-refractivity contribution is 6.31. The lowest BCUT2D eigenvalue weighted by atomic mass is 9.93. The van der Waals surface area contributed by atoms with Crippen LogP contribution in [0.25, 0.3) is 5.57 Å². The van der Waals surface area contributed by atoms with E-state index < -0.39 is 11.8 Å². The number of carbonyl (C=O) groups excluding carboxylic acids is 2. The molecule has 0 bridgehead atoms. The summed E-state index contributed by atoms with van der Waals surface area (Å²) in [7, 11) is 2.14. The Balaban J connectivity index is 1.28. The minimum Gasteiger partial charge on any atom is -0.369 e. The molecule has 37 heavy (non-hydrogen) atoms. The van der Waals surface area contributed by atoms with E-state index in [2.05, 4.69) is 51.5 Å². The number of amides is 2. The molecule has 0 radical (unpaired) electrons. The molecule has 2 aromatic rings. The molecular weight excluding hydrogens is 468 g/mol. The Bertz CT molecular complexity index is 1230. The molecule has 0 aliphatic carbocycles. The standard InChI is InChI=1S/C29H32N4O4/c1-32-13-15-33(16-14-32)23-10-8-22(9-11-23)30-20-26-25-19-21(7-12-24(25)28(34)31-29(26)35)5-4-18-37-27-6-2-3-17-36-27/h7-12,19-20,27,30H,2-3,6,13-18H2,1H3,(H,31,34,35)/b26-20-. The van der Waals surface area contributed by atoms with Gasteiger partial charge in [-0.25, -0.2) is 0 Å². The van der Waals surface area contributed by atoms with Crippen LogP contribution in [0.1, 0.15) is 40.7 Å². The molecule has 8 nitrogen and oxygen atoms in total. The molecule has 2 N–H and O–H groups in total. The number of nitrogens with zero attached hydrogens (tertiary/aromatic N) is 2. The zero-order valence-corrected chi connectivity index (χ0v) is 21.1. The van der Waals surface area contributed by atoms with Crippen molar-refractivity contribution in [3.05, 3.63) is 65.4 Å². The molecule has 0 aromatic heterocycles. The molecule has 2 aromatic carbocycles. The summed E-state index contributed by atoms with van der Waals surface area (Å²) < 4.78 is 11.2. The van der Waals surface area contributed by atoms with Gasteiger partial charge in [0.15, 0.2) is 6.29 Å². The number of piperazine rings is 1. The summed E-state index contributed by atoms with van der Waals surface area (Å²) in [4.78, 5) is 29.8. The first-order chi connectivity index (χ1) is 18.1. The topological polar surface area (TPSA) is 83.1 Å². The normalized spacial score (nSPS) is 21.2. The molecule has 2 amide bonds. The maximum absolute atomic E-state index is 12.7. The van der Waals surface area contributed by atoms with Crippen LogP contribution in [0.5, 0.6) is 0 Å². The van der Waals surface area contributed by atoms with Crippen molar-refractivity contribution in [2.75, 3.05) is 56.7 Å². The Kier molecular flexibility index (Phi) is 7.85. The van der Waals surface area contributed by atoms with E-state index in [0.717, 1.165) is 57.7 Å². The summed E-state index contributed by atoms with van der Waals surface area (Å²) in [5.74, 6) is 5.22. The highest BCUT2D eigenvalue weighted by Crippen LogP contribution is 2.26. The molecule has 0 saturated carbocycles. The van der Waals surface area contributed by atoms with E-state index in [-0.39, 0.29) is 12.9 Å². The second kappa shape index (κ2) is 11.6. The number of imide groups is 1. The highest BCUT2D eigenvalue weighted by Gasteiger charge is 2.27. The third-order valence-electron chi connectivity index (χ3n) is 6.86. The molecule has 192 valence electrons. The van der Waals surface area contributed by atoms with Crippen molar-refractivity contribution in [3.63, 3.8) is 0 Å². The predicted molar refractivity (Wildman–Crippen MR) is 143 cm³/mol. The molecule has 2 saturated heterocycles. The van der Waals surface area contributed by atoms with Gasteiger partial charge in [0.2, 0.25) is 0 Å². The Morgan fingerprint density at radius 1 is 1.05 bits per heavy atom. The number of likely N-dealkylation sites (N-methyl/N-ethyl adjacent to an activating group) is 1. The van der Waals surface area contributed by atoms with E-state index in [9.17, 15) is 9.59 Å². The first kappa shape index (κ1) is 25.0. The number of hydrogen-bond acceptors (Lipinski definition) is 7. The molecule has 0 spiro atoms. The summed E-state index contributed by atoms with van der Waals surface area (Å²) in [6.07, 6.45) is 4.51. The Morgan fingerprint density at radius 3 is 2.62 bits per heavy atom. The predicted octanol–water partition coefficient (Wildman–Crippen LogP) is 3.06. The van der Waals surface area contributed by atoms with Gasteiger partial charge in [0, 0.05) is 67.1 Å². The smallest absolute Gasteiger partial charge is 0.260 e. The summed E-state index contributed by atoms with van der Waals surface area (Å²) in [6.45, 7) is 5.09. The number of carbonyl (C=O) groups is 2. The number of benzene rings is 2. The summed E-state index contributed by atoms with van der Waals surface area (Å²) >= 11 is 0. The van der Waals surface area contributed by atoms with Gasteiger partial charge in [0.05, 0.1) is 5.57 Å². The first-order valence-corrected chi connectivity index (χ1v) is 12.8. The van der Waals surface area contributed by atoms with Crippen LogP contribution in [0.4, 0.5) is 11.4 Å². The van der Waals surface area contributed by atoms with Crippen molar-refractivity contribution in [2.24, 2.45) is 0 Å². The molecule has 3 aliphatic heterocycles. The van der Waals surface area contributed by atoms with Crippen LogP contribution >= 0.6 is 0 Å². The maximum Gasteiger partial charge on any atom is 0.260 e. The minimum absolute atomic E-state index is 0.191. The van der Waals surface area contributed by atoms with E-state index in [1.807, 2.05) is 12.1 Å². The lowest BCUT2D eigenvalue weighted by Crippen LogP contribution is -2.44. The van der Waals surface area contributed by atoms with E-state index >= 15 is 0 Å². The lowest BCUT2D eigenvalue weighted by Gasteiger charge is -2.34. The van der Waals surface area contributed by atoms with Gasteiger partial charge in [-0.05, 0) is 68.8 Å². The largest absolute Gasteiger partial charge is 0.369 e. The Morgan fingerprint density at radius 2 is 1.86 bits per heavy atom. The van der Waals surface area contributed by atoms with Gasteiger partial charge in [0.25, 0.3) is 11.8 Å². The van der Waals surface area contributed by atoms with Gasteiger partial charge in [-0.1, -0.05) is 11.8 Å². The Labute approximate surface area is 217 Å². The first-order valence-electron chi connectivity index (χ1n) is 12.8. The van der Waals surface area contributed by atoms with Gasteiger partial charge in [0.1, 0.15) is 6.61 Å². The van der Waals surface area contributed by atoms with Gasteiger partial charge < -0.3 is 24.6 Å². The number of anilines is 2. The average molecular weight is 501 g/mol. The number of ether oxygens (including phenoxy) is 2. The van der Waals surface area contributed by atoms with Crippen molar-refractivity contribution in [1.82, 2.24) is 10.2 Å². The van der Waals surface area contributed by atoms with Crippen molar-refractivity contribution >= 4 is 28.8 Å². The zero-order valence-electron chi connectivity index (χ0n) is 21.1. The molecule has 2 fully saturated rings. The van der Waals surface area contributed by atoms with Crippen LogP contribution in [0.2, 0.25) is 0 Å². The maximum atomic E-state index is 12.7. The minimum atomic E-state index is -0.443. The van der Waals surface area contributed by atoms with Crippen LogP contribution in [0.15, 0.2) is 48.7 Å². The fourth-order valence-electron chi connectivity index (χ4n) is 4.65. The van der Waals surface area contributed by atoms with Gasteiger partial charge in [-0.3, -0.25) is 14.9 Å². The Hall–Kier alpha value is -3.64. The number of nitrogens with one attached hydrogen (secondary N) is 2. The third kappa shape index (κ3) is 6.20. The van der Waals surface area contributed by atoms with Crippen LogP contribution in [-0.4, -0.2) is 69.4 Å². The fraction of sp³-hybridized carbons (Fsp3) is 0.379. The molecule has 1 atom stereocenters. The summed E-state index contributed by atoms with van der Waals surface area (Å²) in [5.41, 5.74) is 4.12. The second-order valence-electron chi connectivity index (χ2n) is 9.49. The monoisotopic (exact) mass is 500 g/mol. The van der Waals surface area contributed by atoms with Gasteiger partial charge in [-0.15, -0.1) is 0 Å². The van der Waals surface area contributed by atoms with Gasteiger partial charge >= 0.3 is 0 Å². The van der Waals surface area contributed by atoms with Crippen LogP contribution in [0.3, 0.4) is 0 Å². The van der Waals surface area contributed by atoms with E-state index in [0.29, 0.717) is 22.3 Å². The summed E-state index contributed by atoms with van der Waals surface area (Å²) in [5, 5.41) is 5.63. The molecule has 3 aliphatic rings. The molecule has 3 heterocycles. The number of hydrogen-bond donors (Lipinski definition) is 2. The van der Waals surface area contributed by atoms with E-state index in [1.165, 1.54) is 5.69 Å². The van der Waals surface area contributed by atoms with Gasteiger partial charge in [-0.2, -0.15) is 0 Å². The van der Waals surface area contributed by atoms with Crippen molar-refractivity contribution in [3.8, 4) is 11.8 Å². The van der Waals surface area contributed by atoms with Crippen LogP contribution < -0.4 is 15.5 Å². The fourth-order valence-corrected chi connectivity index (χ4v) is 4.65.